The Labute approximate surface area is 51.7 Å². The maximum atomic E-state index is 5.41. The van der Waals surface area contributed by atoms with Gasteiger partial charge in [0.05, 0.1) is 0 Å². The molecule has 0 aliphatic carbocycles. The molecule has 0 saturated heterocycles. The van der Waals surface area contributed by atoms with Crippen molar-refractivity contribution >= 4 is 27.9 Å². The molecule has 1 aliphatic heterocycles. The number of nitrogens with zero attached hydrogens (tertiary/aromatic N) is 1. The van der Waals surface area contributed by atoms with Crippen LogP contribution in [0.5, 0.6) is 0 Å². The molecular formula is C4H9InN2. The summed E-state index contributed by atoms with van der Waals surface area (Å²) in [4.78, 5) is 0. The van der Waals surface area contributed by atoms with Gasteiger partial charge < -0.3 is 0 Å². The van der Waals surface area contributed by atoms with Gasteiger partial charge >= 0.3 is 51.6 Å². The summed E-state index contributed by atoms with van der Waals surface area (Å²) in [6, 6.07) is 0. The molecule has 0 saturated carbocycles. The molecule has 0 bridgehead atoms. The van der Waals surface area contributed by atoms with E-state index in [1.165, 1.54) is 10.6 Å². The standard InChI is InChI=1S/C3H5N.CH4N.In/c1-2-3-4;1-2;/h3H,1-2H2;1-2H2;/q-1;;+1. The number of hydrogen-bond donors (Lipinski definition) is 1. The molecule has 3 heteroatoms. The molecular weight excluding hydrogens is 191 g/mol. The Morgan fingerprint density at radius 2 is 2.71 bits per heavy atom. The van der Waals surface area contributed by atoms with E-state index in [4.69, 9.17) is 5.73 Å². The van der Waals surface area contributed by atoms with Crippen LogP contribution < -0.4 is 5.73 Å². The zero-order valence-corrected chi connectivity index (χ0v) is 7.60. The first-order valence-corrected chi connectivity index (χ1v) is 8.78. The average molecular weight is 200 g/mol. The summed E-state index contributed by atoms with van der Waals surface area (Å²) in [5.74, 6) is 0. The summed E-state index contributed by atoms with van der Waals surface area (Å²) in [5.41, 5.74) is 5.41. The van der Waals surface area contributed by atoms with Crippen LogP contribution in [0.1, 0.15) is 6.42 Å². The molecule has 0 aromatic carbocycles. The van der Waals surface area contributed by atoms with Gasteiger partial charge in [0, 0.05) is 0 Å². The summed E-state index contributed by atoms with van der Waals surface area (Å²) >= 11 is -1.31. The van der Waals surface area contributed by atoms with E-state index in [1.807, 2.05) is 6.21 Å². The van der Waals surface area contributed by atoms with Crippen molar-refractivity contribution in [3.63, 3.8) is 0 Å². The normalized spacial score (nSPS) is 18.7. The van der Waals surface area contributed by atoms with E-state index in [0.29, 0.717) is 0 Å². The van der Waals surface area contributed by atoms with Crippen LogP contribution in [0, 0.1) is 0 Å². The number of rotatable bonds is 1. The summed E-state index contributed by atoms with van der Waals surface area (Å²) in [5, 5.41) is 0. The van der Waals surface area contributed by atoms with Crippen LogP contribution in [0.25, 0.3) is 0 Å². The van der Waals surface area contributed by atoms with Gasteiger partial charge in [-0.15, -0.1) is 0 Å². The second-order valence-electron chi connectivity index (χ2n) is 1.80. The first kappa shape index (κ1) is 5.63. The fraction of sp³-hybridized carbons (Fsp3) is 0.750. The minimum atomic E-state index is -1.31. The molecule has 2 N–H and O–H groups in total. The van der Waals surface area contributed by atoms with E-state index >= 15 is 0 Å². The van der Waals surface area contributed by atoms with Gasteiger partial charge in [-0.1, -0.05) is 0 Å². The molecule has 7 heavy (non-hydrogen) atoms. The van der Waals surface area contributed by atoms with E-state index in [1.54, 1.807) is 0 Å². The zero-order chi connectivity index (χ0) is 5.11. The van der Waals surface area contributed by atoms with Gasteiger partial charge in [-0.05, 0) is 0 Å². The molecule has 2 nitrogen and oxygen atoms in total. The van der Waals surface area contributed by atoms with Crippen LogP contribution in [0.3, 0.4) is 0 Å². The molecule has 1 rings (SSSR count). The van der Waals surface area contributed by atoms with Crippen LogP contribution in [0.15, 0.2) is 2.98 Å². The third-order valence-electron chi connectivity index (χ3n) is 1.22. The van der Waals surface area contributed by atoms with Crippen LogP contribution in [-0.2, 0) is 0 Å². The minimum absolute atomic E-state index is 0.929. The third kappa shape index (κ3) is 1.46. The molecule has 0 amide bonds. The molecule has 38 valence electrons. The van der Waals surface area contributed by atoms with E-state index in [0.717, 1.165) is 4.30 Å². The second-order valence-corrected chi connectivity index (χ2v) is 9.37. The molecule has 0 radical (unpaired) electrons. The van der Waals surface area contributed by atoms with Crippen LogP contribution >= 0.6 is 0 Å². The van der Waals surface area contributed by atoms with Crippen molar-refractivity contribution in [2.45, 2.75) is 10.6 Å². The average Bonchev–Trinajstić information content (AvgIpc) is 2.14. The Morgan fingerprint density at radius 3 is 3.00 bits per heavy atom. The quantitative estimate of drug-likeness (QED) is 0.633. The van der Waals surface area contributed by atoms with Crippen molar-refractivity contribution < 1.29 is 0 Å². The SMILES string of the molecule is N[CH2][In]1[CH2]CC=[N]1. The molecule has 0 atom stereocenters. The van der Waals surface area contributed by atoms with Gasteiger partial charge in [0.15, 0.2) is 0 Å². The molecule has 0 spiro atoms. The first-order valence-electron chi connectivity index (χ1n) is 2.65. The van der Waals surface area contributed by atoms with E-state index in [2.05, 4.69) is 2.98 Å². The van der Waals surface area contributed by atoms with Gasteiger partial charge in [-0.25, -0.2) is 0 Å². The Hall–Kier alpha value is 0.500. The Morgan fingerprint density at radius 1 is 1.86 bits per heavy atom. The van der Waals surface area contributed by atoms with Gasteiger partial charge in [-0.3, -0.25) is 0 Å². The molecule has 1 heterocycles. The predicted molar refractivity (Wildman–Crippen MR) is 32.7 cm³/mol. The third-order valence-corrected chi connectivity index (χ3v) is 7.43. The van der Waals surface area contributed by atoms with Crippen molar-refractivity contribution in [3.8, 4) is 0 Å². The fourth-order valence-electron chi connectivity index (χ4n) is 0.744. The van der Waals surface area contributed by atoms with E-state index in [-0.39, 0.29) is 0 Å². The summed E-state index contributed by atoms with van der Waals surface area (Å²) < 4.78 is 6.62. The summed E-state index contributed by atoms with van der Waals surface area (Å²) in [6.07, 6.45) is 3.27. The zero-order valence-electron chi connectivity index (χ0n) is 4.30. The van der Waals surface area contributed by atoms with Gasteiger partial charge in [0.2, 0.25) is 0 Å². The van der Waals surface area contributed by atoms with Gasteiger partial charge in [0.25, 0.3) is 0 Å². The first-order chi connectivity index (χ1) is 3.43. The van der Waals surface area contributed by atoms with E-state index in [9.17, 15) is 0 Å². The van der Waals surface area contributed by atoms with Gasteiger partial charge in [0.1, 0.15) is 0 Å². The van der Waals surface area contributed by atoms with Crippen LogP contribution in [0.2, 0.25) is 4.18 Å². The molecule has 0 aromatic heterocycles. The Balaban J connectivity index is 2.28. The van der Waals surface area contributed by atoms with Crippen LogP contribution in [-0.4, -0.2) is 32.2 Å². The predicted octanol–water partition coefficient (Wildman–Crippen LogP) is -0.0497. The fourth-order valence-corrected chi connectivity index (χ4v) is 4.99. The van der Waals surface area contributed by atoms with Crippen molar-refractivity contribution in [2.24, 2.45) is 8.71 Å². The summed E-state index contributed by atoms with van der Waals surface area (Å²) in [7, 11) is 0. The Kier molecular flexibility index (Phi) is 2.19. The van der Waals surface area contributed by atoms with Crippen molar-refractivity contribution in [3.05, 3.63) is 0 Å². The second kappa shape index (κ2) is 2.72. The summed E-state index contributed by atoms with van der Waals surface area (Å²) in [6.45, 7) is 0. The van der Waals surface area contributed by atoms with Gasteiger partial charge in [-0.2, -0.15) is 0 Å². The maximum absolute atomic E-state index is 5.41. The van der Waals surface area contributed by atoms with Crippen molar-refractivity contribution in [2.75, 3.05) is 4.30 Å². The van der Waals surface area contributed by atoms with E-state index < -0.39 is 21.7 Å². The molecule has 0 unspecified atom stereocenters. The van der Waals surface area contributed by atoms with Crippen molar-refractivity contribution in [1.29, 1.82) is 0 Å². The number of hydrogen-bond acceptors (Lipinski definition) is 2. The van der Waals surface area contributed by atoms with Crippen molar-refractivity contribution in [1.82, 2.24) is 0 Å². The number of nitrogens with two attached hydrogens (primary N) is 1. The van der Waals surface area contributed by atoms with Crippen LogP contribution in [0.4, 0.5) is 0 Å². The molecule has 1 aliphatic rings. The Bertz CT molecular complexity index is 81.8. The molecule has 0 aromatic rings. The topological polar surface area (TPSA) is 38.4 Å². The molecule has 0 fully saturated rings. The monoisotopic (exact) mass is 200 g/mol.